The second-order valence-corrected chi connectivity index (χ2v) is 6.32. The fourth-order valence-electron chi connectivity index (χ4n) is 3.80. The summed E-state index contributed by atoms with van der Waals surface area (Å²) in [5.74, 6) is 1.50. The van der Waals surface area contributed by atoms with Gasteiger partial charge in [-0.3, -0.25) is 0 Å². The Morgan fingerprint density at radius 3 is 2.95 bits per heavy atom. The Hall–Kier alpha value is -1.09. The van der Waals surface area contributed by atoms with Crippen molar-refractivity contribution in [2.45, 2.75) is 51.2 Å². The number of benzene rings is 1. The molecule has 1 aromatic carbocycles. The molecule has 0 saturated heterocycles. The summed E-state index contributed by atoms with van der Waals surface area (Å²) >= 11 is 0. The topological polar surface area (TPSA) is 35.2 Å². The predicted octanol–water partition coefficient (Wildman–Crippen LogP) is 3.80. The Morgan fingerprint density at radius 2 is 2.16 bits per heavy atom. The molecule has 2 nitrogen and oxygen atoms in total. The van der Waals surface area contributed by atoms with Gasteiger partial charge in [-0.2, -0.15) is 0 Å². The Kier molecular flexibility index (Phi) is 3.05. The lowest BCUT2D eigenvalue weighted by atomic mass is 9.66. The minimum atomic E-state index is -0.250. The van der Waals surface area contributed by atoms with Crippen molar-refractivity contribution in [2.75, 3.05) is 0 Å². The Bertz CT molecular complexity index is 490. The molecule has 1 fully saturated rings. The van der Waals surface area contributed by atoms with Gasteiger partial charge < -0.3 is 10.5 Å². The number of hydrogen-bond acceptors (Lipinski definition) is 2. The quantitative estimate of drug-likeness (QED) is 0.772. The zero-order chi connectivity index (χ0) is 13.6. The number of nitrogens with two attached hydrogens (primary N) is 1. The summed E-state index contributed by atoms with van der Waals surface area (Å²) in [6.07, 6.45) is 4.29. The van der Waals surface area contributed by atoms with Gasteiger partial charge in [-0.15, -0.1) is 0 Å². The van der Waals surface area contributed by atoms with E-state index in [0.717, 1.165) is 18.4 Å². The second-order valence-electron chi connectivity index (χ2n) is 6.32. The van der Waals surface area contributed by atoms with Crippen molar-refractivity contribution in [1.29, 1.82) is 0 Å². The molecule has 2 N–H and O–H groups in total. The van der Waals surface area contributed by atoms with Crippen molar-refractivity contribution in [3.8, 4) is 5.75 Å². The highest BCUT2D eigenvalue weighted by Crippen LogP contribution is 2.49. The lowest BCUT2D eigenvalue weighted by Gasteiger charge is -2.49. The zero-order valence-corrected chi connectivity index (χ0v) is 11.7. The highest BCUT2D eigenvalue weighted by molar-refractivity contribution is 5.39. The summed E-state index contributed by atoms with van der Waals surface area (Å²) in [5.41, 5.74) is 7.05. The lowest BCUT2D eigenvalue weighted by Crippen LogP contribution is -2.52. The summed E-state index contributed by atoms with van der Waals surface area (Å²) in [4.78, 5) is 0. The van der Waals surface area contributed by atoms with E-state index >= 15 is 0 Å². The SMILES string of the molecule is CC1CCCC2(CC(N)c3ccc(F)cc3O2)C1C. The van der Waals surface area contributed by atoms with E-state index in [9.17, 15) is 4.39 Å². The molecule has 2 aliphatic rings. The van der Waals surface area contributed by atoms with Gasteiger partial charge in [-0.05, 0) is 30.7 Å². The summed E-state index contributed by atoms with van der Waals surface area (Å²) in [7, 11) is 0. The molecule has 104 valence electrons. The largest absolute Gasteiger partial charge is 0.486 e. The Morgan fingerprint density at radius 1 is 1.37 bits per heavy atom. The van der Waals surface area contributed by atoms with Crippen molar-refractivity contribution in [1.82, 2.24) is 0 Å². The molecule has 0 aromatic heterocycles. The van der Waals surface area contributed by atoms with Gasteiger partial charge in [0.05, 0.1) is 0 Å². The van der Waals surface area contributed by atoms with Crippen LogP contribution in [0.3, 0.4) is 0 Å². The van der Waals surface area contributed by atoms with E-state index in [0.29, 0.717) is 17.6 Å². The van der Waals surface area contributed by atoms with E-state index in [4.69, 9.17) is 10.5 Å². The van der Waals surface area contributed by atoms with Gasteiger partial charge in [0.1, 0.15) is 17.2 Å². The van der Waals surface area contributed by atoms with Gasteiger partial charge in [-0.25, -0.2) is 4.39 Å². The van der Waals surface area contributed by atoms with Gasteiger partial charge in [0.15, 0.2) is 0 Å². The second kappa shape index (κ2) is 4.48. The van der Waals surface area contributed by atoms with Gasteiger partial charge in [-0.1, -0.05) is 26.3 Å². The van der Waals surface area contributed by atoms with Crippen molar-refractivity contribution in [3.63, 3.8) is 0 Å². The van der Waals surface area contributed by atoms with Gasteiger partial charge in [0.25, 0.3) is 0 Å². The molecule has 3 heteroatoms. The standard InChI is InChI=1S/C16H22FNO/c1-10-4-3-7-16(11(10)2)9-14(18)13-6-5-12(17)8-15(13)19-16/h5-6,8,10-11,14H,3-4,7,9,18H2,1-2H3. The molecule has 1 saturated carbocycles. The van der Waals surface area contributed by atoms with Crippen LogP contribution in [0.2, 0.25) is 0 Å². The predicted molar refractivity (Wildman–Crippen MR) is 73.5 cm³/mol. The summed E-state index contributed by atoms with van der Waals surface area (Å²) in [6.45, 7) is 4.53. The van der Waals surface area contributed by atoms with E-state index in [1.807, 2.05) is 0 Å². The van der Waals surface area contributed by atoms with Crippen molar-refractivity contribution in [2.24, 2.45) is 17.6 Å². The fourth-order valence-corrected chi connectivity index (χ4v) is 3.80. The first kappa shape index (κ1) is 12.9. The number of fused-ring (bicyclic) bond motifs is 1. The molecule has 1 heterocycles. The highest BCUT2D eigenvalue weighted by atomic mass is 19.1. The van der Waals surface area contributed by atoms with Gasteiger partial charge in [0.2, 0.25) is 0 Å². The first-order valence-corrected chi connectivity index (χ1v) is 7.26. The number of rotatable bonds is 0. The molecule has 3 rings (SSSR count). The molecule has 0 amide bonds. The van der Waals surface area contributed by atoms with Crippen LogP contribution in [0.25, 0.3) is 0 Å². The third kappa shape index (κ3) is 2.04. The van der Waals surface area contributed by atoms with Crippen LogP contribution in [0.1, 0.15) is 51.1 Å². The molecule has 1 spiro atoms. The summed E-state index contributed by atoms with van der Waals surface area (Å²) in [6, 6.07) is 4.67. The number of halogens is 1. The van der Waals surface area contributed by atoms with Crippen LogP contribution in [0.15, 0.2) is 18.2 Å². The third-order valence-corrected chi connectivity index (χ3v) is 5.20. The maximum Gasteiger partial charge on any atom is 0.127 e. The number of ether oxygens (including phenoxy) is 1. The third-order valence-electron chi connectivity index (χ3n) is 5.20. The molecule has 4 unspecified atom stereocenters. The molecule has 1 aromatic rings. The maximum absolute atomic E-state index is 13.4. The molecule has 0 bridgehead atoms. The Balaban J connectivity index is 1.99. The van der Waals surface area contributed by atoms with Crippen LogP contribution in [-0.2, 0) is 0 Å². The van der Waals surface area contributed by atoms with Crippen molar-refractivity contribution < 1.29 is 9.13 Å². The van der Waals surface area contributed by atoms with E-state index < -0.39 is 0 Å². The van der Waals surface area contributed by atoms with Crippen LogP contribution in [-0.4, -0.2) is 5.60 Å². The van der Waals surface area contributed by atoms with Crippen LogP contribution >= 0.6 is 0 Å². The van der Waals surface area contributed by atoms with Crippen LogP contribution in [0, 0.1) is 17.7 Å². The maximum atomic E-state index is 13.4. The molecular weight excluding hydrogens is 241 g/mol. The average molecular weight is 263 g/mol. The van der Waals surface area contributed by atoms with E-state index in [2.05, 4.69) is 13.8 Å². The highest BCUT2D eigenvalue weighted by Gasteiger charge is 2.47. The first-order valence-electron chi connectivity index (χ1n) is 7.26. The van der Waals surface area contributed by atoms with E-state index in [1.165, 1.54) is 25.0 Å². The first-order chi connectivity index (χ1) is 9.02. The van der Waals surface area contributed by atoms with Crippen LogP contribution in [0.5, 0.6) is 5.75 Å². The normalized spacial score (nSPS) is 37.8. The van der Waals surface area contributed by atoms with Crippen LogP contribution < -0.4 is 10.5 Å². The zero-order valence-electron chi connectivity index (χ0n) is 11.7. The van der Waals surface area contributed by atoms with Gasteiger partial charge in [0, 0.05) is 24.1 Å². The van der Waals surface area contributed by atoms with E-state index in [-0.39, 0.29) is 17.5 Å². The summed E-state index contributed by atoms with van der Waals surface area (Å²) in [5, 5.41) is 0. The lowest BCUT2D eigenvalue weighted by molar-refractivity contribution is -0.0616. The van der Waals surface area contributed by atoms with Gasteiger partial charge >= 0.3 is 0 Å². The smallest absolute Gasteiger partial charge is 0.127 e. The summed E-state index contributed by atoms with van der Waals surface area (Å²) < 4.78 is 19.7. The van der Waals surface area contributed by atoms with Crippen molar-refractivity contribution in [3.05, 3.63) is 29.6 Å². The molecule has 19 heavy (non-hydrogen) atoms. The molecular formula is C16H22FNO. The Labute approximate surface area is 114 Å². The minimum Gasteiger partial charge on any atom is -0.486 e. The molecule has 1 aliphatic heterocycles. The molecule has 4 atom stereocenters. The van der Waals surface area contributed by atoms with Crippen molar-refractivity contribution >= 4 is 0 Å². The molecule has 1 aliphatic carbocycles. The average Bonchev–Trinajstić information content (AvgIpc) is 2.35. The fraction of sp³-hybridized carbons (Fsp3) is 0.625. The minimum absolute atomic E-state index is 0.0444. The number of hydrogen-bond donors (Lipinski definition) is 1. The van der Waals surface area contributed by atoms with E-state index in [1.54, 1.807) is 6.07 Å². The molecule has 0 radical (unpaired) electrons. The monoisotopic (exact) mass is 263 g/mol. The van der Waals surface area contributed by atoms with Crippen LogP contribution in [0.4, 0.5) is 4.39 Å².